The molecule has 0 aliphatic rings. The number of rotatable bonds is 3. The molecular weight excluding hydrogens is 198 g/mol. The number of nitrogens with zero attached hydrogens (tertiary/aromatic N) is 1. The first-order chi connectivity index (χ1) is 7.02. The maximum Gasteiger partial charge on any atom is 0.328 e. The van der Waals surface area contributed by atoms with Gasteiger partial charge in [-0.25, -0.2) is 4.79 Å². The lowest BCUT2D eigenvalue weighted by atomic mass is 10.1. The molecule has 5 nitrogen and oxygen atoms in total. The molecule has 5 heteroatoms. The van der Waals surface area contributed by atoms with E-state index in [-0.39, 0.29) is 5.69 Å². The molecule has 1 rings (SSSR count). The molecular formula is C10H9NO4. The molecule has 0 saturated carbocycles. The summed E-state index contributed by atoms with van der Waals surface area (Å²) < 4.78 is 0. The highest BCUT2D eigenvalue weighted by Crippen LogP contribution is 2.22. The van der Waals surface area contributed by atoms with Gasteiger partial charge in [-0.05, 0) is 18.6 Å². The zero-order chi connectivity index (χ0) is 11.4. The second kappa shape index (κ2) is 4.36. The van der Waals surface area contributed by atoms with Crippen LogP contribution >= 0.6 is 0 Å². The number of nitro benzene ring substituents is 1. The number of hydrogen-bond acceptors (Lipinski definition) is 3. The van der Waals surface area contributed by atoms with Gasteiger partial charge >= 0.3 is 5.97 Å². The Balaban J connectivity index is 3.25. The second-order valence-corrected chi connectivity index (χ2v) is 2.94. The number of aliphatic carboxylic acids is 1. The molecule has 0 bridgehead atoms. The van der Waals surface area contributed by atoms with E-state index in [2.05, 4.69) is 0 Å². The van der Waals surface area contributed by atoms with E-state index >= 15 is 0 Å². The molecule has 1 aromatic carbocycles. The first-order valence-corrected chi connectivity index (χ1v) is 4.17. The number of carbonyl (C=O) groups is 1. The lowest BCUT2D eigenvalue weighted by Gasteiger charge is -2.00. The molecule has 0 fully saturated rings. The monoisotopic (exact) mass is 207 g/mol. The van der Waals surface area contributed by atoms with Crippen LogP contribution in [-0.4, -0.2) is 16.0 Å². The third-order valence-electron chi connectivity index (χ3n) is 1.89. The van der Waals surface area contributed by atoms with Crippen molar-refractivity contribution in [2.75, 3.05) is 0 Å². The van der Waals surface area contributed by atoms with Crippen molar-refractivity contribution < 1.29 is 14.8 Å². The van der Waals surface area contributed by atoms with Crippen molar-refractivity contribution in [3.05, 3.63) is 45.5 Å². The van der Waals surface area contributed by atoms with Gasteiger partial charge in [-0.1, -0.05) is 12.1 Å². The third kappa shape index (κ3) is 2.63. The largest absolute Gasteiger partial charge is 0.478 e. The van der Waals surface area contributed by atoms with Crippen LogP contribution in [0.5, 0.6) is 0 Å². The normalized spacial score (nSPS) is 10.5. The van der Waals surface area contributed by atoms with E-state index in [1.54, 1.807) is 19.1 Å². The average Bonchev–Trinajstić information content (AvgIpc) is 2.15. The van der Waals surface area contributed by atoms with Crippen LogP contribution in [0.1, 0.15) is 11.1 Å². The van der Waals surface area contributed by atoms with Gasteiger partial charge in [0.2, 0.25) is 0 Å². The van der Waals surface area contributed by atoms with E-state index < -0.39 is 10.9 Å². The van der Waals surface area contributed by atoms with Gasteiger partial charge in [0.15, 0.2) is 0 Å². The molecule has 15 heavy (non-hydrogen) atoms. The van der Waals surface area contributed by atoms with Gasteiger partial charge in [-0.2, -0.15) is 0 Å². The molecule has 78 valence electrons. The van der Waals surface area contributed by atoms with E-state index in [1.807, 2.05) is 0 Å². The Hall–Kier alpha value is -2.17. The van der Waals surface area contributed by atoms with Crippen LogP contribution in [0.3, 0.4) is 0 Å². The zero-order valence-electron chi connectivity index (χ0n) is 8.01. The van der Waals surface area contributed by atoms with Crippen LogP contribution in [0.15, 0.2) is 24.3 Å². The Morgan fingerprint density at radius 2 is 2.20 bits per heavy atom. The number of aryl methyl sites for hydroxylation is 1. The number of carboxylic acids is 1. The lowest BCUT2D eigenvalue weighted by molar-refractivity contribution is -0.385. The summed E-state index contributed by atoms with van der Waals surface area (Å²) in [5, 5.41) is 19.1. The van der Waals surface area contributed by atoms with Crippen molar-refractivity contribution in [3.63, 3.8) is 0 Å². The summed E-state index contributed by atoms with van der Waals surface area (Å²) in [6, 6.07) is 4.59. The predicted molar refractivity (Wildman–Crippen MR) is 54.5 cm³/mol. The minimum absolute atomic E-state index is 0.0903. The zero-order valence-corrected chi connectivity index (χ0v) is 8.01. The minimum Gasteiger partial charge on any atom is -0.478 e. The van der Waals surface area contributed by atoms with E-state index in [1.165, 1.54) is 12.1 Å². The smallest absolute Gasteiger partial charge is 0.328 e. The SMILES string of the molecule is Cc1cccc([N+](=O)[O-])c1/C=C/C(=O)O. The molecule has 0 saturated heterocycles. The Bertz CT molecular complexity index is 437. The summed E-state index contributed by atoms with van der Waals surface area (Å²) in [4.78, 5) is 20.4. The first-order valence-electron chi connectivity index (χ1n) is 4.17. The maximum absolute atomic E-state index is 10.6. The fraction of sp³-hybridized carbons (Fsp3) is 0.100. The first kappa shape index (κ1) is 10.9. The molecule has 0 amide bonds. The van der Waals surface area contributed by atoms with Gasteiger partial charge in [-0.3, -0.25) is 10.1 Å². The van der Waals surface area contributed by atoms with Gasteiger partial charge in [-0.15, -0.1) is 0 Å². The van der Waals surface area contributed by atoms with Gasteiger partial charge < -0.3 is 5.11 Å². The Morgan fingerprint density at radius 3 is 2.73 bits per heavy atom. The third-order valence-corrected chi connectivity index (χ3v) is 1.89. The van der Waals surface area contributed by atoms with Crippen LogP contribution in [0, 0.1) is 17.0 Å². The average molecular weight is 207 g/mol. The molecule has 0 heterocycles. The summed E-state index contributed by atoms with van der Waals surface area (Å²) in [6.45, 7) is 1.69. The highest BCUT2D eigenvalue weighted by Gasteiger charge is 2.12. The van der Waals surface area contributed by atoms with Crippen LogP contribution in [0.4, 0.5) is 5.69 Å². The summed E-state index contributed by atoms with van der Waals surface area (Å²) in [7, 11) is 0. The highest BCUT2D eigenvalue weighted by molar-refractivity contribution is 5.86. The molecule has 0 atom stereocenters. The van der Waals surface area contributed by atoms with Crippen molar-refractivity contribution in [2.24, 2.45) is 0 Å². The van der Waals surface area contributed by atoms with Gasteiger partial charge in [0.25, 0.3) is 5.69 Å². The molecule has 1 aromatic rings. The molecule has 0 aliphatic carbocycles. The van der Waals surface area contributed by atoms with E-state index in [0.717, 1.165) is 6.08 Å². The number of benzene rings is 1. The number of carboxylic acid groups (broad SMARTS) is 1. The van der Waals surface area contributed by atoms with Crippen LogP contribution < -0.4 is 0 Å². The molecule has 0 unspecified atom stereocenters. The minimum atomic E-state index is -1.13. The molecule has 0 spiro atoms. The predicted octanol–water partition coefficient (Wildman–Crippen LogP) is 2.00. The Kier molecular flexibility index (Phi) is 3.17. The summed E-state index contributed by atoms with van der Waals surface area (Å²) in [5.74, 6) is -1.13. The number of hydrogen-bond donors (Lipinski definition) is 1. The van der Waals surface area contributed by atoms with Crippen LogP contribution in [0.25, 0.3) is 6.08 Å². The standard InChI is InChI=1S/C10H9NO4/c1-7-3-2-4-9(11(14)15)8(7)5-6-10(12)13/h2-6H,1H3,(H,12,13)/b6-5+. The summed E-state index contributed by atoms with van der Waals surface area (Å²) in [5.41, 5.74) is 0.902. The fourth-order valence-electron chi connectivity index (χ4n) is 1.20. The van der Waals surface area contributed by atoms with Gasteiger partial charge in [0, 0.05) is 12.1 Å². The van der Waals surface area contributed by atoms with E-state index in [9.17, 15) is 14.9 Å². The quantitative estimate of drug-likeness (QED) is 0.467. The van der Waals surface area contributed by atoms with Gasteiger partial charge in [0.05, 0.1) is 10.5 Å². The van der Waals surface area contributed by atoms with Crippen molar-refractivity contribution >= 4 is 17.7 Å². The Morgan fingerprint density at radius 1 is 1.53 bits per heavy atom. The van der Waals surface area contributed by atoms with E-state index in [0.29, 0.717) is 11.1 Å². The van der Waals surface area contributed by atoms with Crippen molar-refractivity contribution in [3.8, 4) is 0 Å². The highest BCUT2D eigenvalue weighted by atomic mass is 16.6. The van der Waals surface area contributed by atoms with Crippen molar-refractivity contribution in [2.45, 2.75) is 6.92 Å². The summed E-state index contributed by atoms with van der Waals surface area (Å²) in [6.07, 6.45) is 2.12. The molecule has 0 aliphatic heterocycles. The molecule has 1 N–H and O–H groups in total. The Labute approximate surface area is 85.8 Å². The van der Waals surface area contributed by atoms with Gasteiger partial charge in [0.1, 0.15) is 0 Å². The molecule has 0 radical (unpaired) electrons. The number of nitro groups is 1. The second-order valence-electron chi connectivity index (χ2n) is 2.94. The van der Waals surface area contributed by atoms with Crippen LogP contribution in [0.2, 0.25) is 0 Å². The lowest BCUT2D eigenvalue weighted by Crippen LogP contribution is -1.94. The topological polar surface area (TPSA) is 80.4 Å². The van der Waals surface area contributed by atoms with Crippen molar-refractivity contribution in [1.82, 2.24) is 0 Å². The van der Waals surface area contributed by atoms with E-state index in [4.69, 9.17) is 5.11 Å². The van der Waals surface area contributed by atoms with Crippen LogP contribution in [-0.2, 0) is 4.79 Å². The summed E-state index contributed by atoms with van der Waals surface area (Å²) >= 11 is 0. The van der Waals surface area contributed by atoms with Crippen molar-refractivity contribution in [1.29, 1.82) is 0 Å². The maximum atomic E-state index is 10.6. The fourth-order valence-corrected chi connectivity index (χ4v) is 1.20. The molecule has 0 aromatic heterocycles.